The number of aryl methyl sites for hydroxylation is 2. The Morgan fingerprint density at radius 3 is 2.61 bits per heavy atom. The topological polar surface area (TPSA) is 75.2 Å². The number of benzene rings is 1. The van der Waals surface area contributed by atoms with Gasteiger partial charge < -0.3 is 14.4 Å². The van der Waals surface area contributed by atoms with E-state index in [1.165, 1.54) is 28.8 Å². The lowest BCUT2D eigenvalue weighted by atomic mass is 10.1. The van der Waals surface area contributed by atoms with Gasteiger partial charge in [-0.25, -0.2) is 4.39 Å². The van der Waals surface area contributed by atoms with Gasteiger partial charge in [0.2, 0.25) is 0 Å². The lowest BCUT2D eigenvalue weighted by molar-refractivity contribution is 0.0910. The lowest BCUT2D eigenvalue weighted by Crippen LogP contribution is -2.33. The SMILES string of the molecule is Cc1cc(C)n(CC(O)COc2ccc(F)cc2)c(=O)c1C#N. The minimum Gasteiger partial charge on any atom is -0.491 e. The van der Waals surface area contributed by atoms with Crippen LogP contribution in [0.2, 0.25) is 0 Å². The van der Waals surface area contributed by atoms with Gasteiger partial charge in [-0.3, -0.25) is 4.79 Å². The van der Waals surface area contributed by atoms with Crippen LogP contribution in [0.1, 0.15) is 16.8 Å². The van der Waals surface area contributed by atoms with Crippen LogP contribution in [0.4, 0.5) is 4.39 Å². The second kappa shape index (κ2) is 7.07. The first kappa shape index (κ1) is 16.7. The smallest absolute Gasteiger partial charge is 0.269 e. The van der Waals surface area contributed by atoms with Crippen LogP contribution >= 0.6 is 0 Å². The van der Waals surface area contributed by atoms with Crippen molar-refractivity contribution in [2.45, 2.75) is 26.5 Å². The van der Waals surface area contributed by atoms with Crippen LogP contribution in [0.15, 0.2) is 35.1 Å². The molecule has 0 aliphatic rings. The van der Waals surface area contributed by atoms with Crippen LogP contribution in [0.25, 0.3) is 0 Å². The van der Waals surface area contributed by atoms with Crippen molar-refractivity contribution in [3.8, 4) is 11.8 Å². The van der Waals surface area contributed by atoms with Crippen LogP contribution in [0.3, 0.4) is 0 Å². The summed E-state index contributed by atoms with van der Waals surface area (Å²) in [5.41, 5.74) is 0.920. The van der Waals surface area contributed by atoms with Gasteiger partial charge in [0.05, 0.1) is 6.54 Å². The van der Waals surface area contributed by atoms with E-state index in [9.17, 15) is 14.3 Å². The molecule has 1 N–H and O–H groups in total. The zero-order valence-corrected chi connectivity index (χ0v) is 12.9. The summed E-state index contributed by atoms with van der Waals surface area (Å²) < 4.78 is 19.5. The van der Waals surface area contributed by atoms with Gasteiger partial charge in [0, 0.05) is 5.69 Å². The largest absolute Gasteiger partial charge is 0.491 e. The number of aliphatic hydroxyl groups is 1. The third-order valence-corrected chi connectivity index (χ3v) is 3.47. The van der Waals surface area contributed by atoms with Crippen molar-refractivity contribution >= 4 is 0 Å². The quantitative estimate of drug-likeness (QED) is 0.914. The van der Waals surface area contributed by atoms with Gasteiger partial charge >= 0.3 is 0 Å². The number of halogens is 1. The summed E-state index contributed by atoms with van der Waals surface area (Å²) in [4.78, 5) is 12.2. The van der Waals surface area contributed by atoms with E-state index in [0.717, 1.165) is 0 Å². The van der Waals surface area contributed by atoms with Crippen LogP contribution in [0, 0.1) is 31.0 Å². The second-order valence-corrected chi connectivity index (χ2v) is 5.29. The Morgan fingerprint density at radius 1 is 1.35 bits per heavy atom. The number of nitriles is 1. The van der Waals surface area contributed by atoms with Crippen molar-refractivity contribution in [3.05, 3.63) is 63.3 Å². The van der Waals surface area contributed by atoms with Crippen molar-refractivity contribution < 1.29 is 14.2 Å². The molecule has 0 saturated carbocycles. The second-order valence-electron chi connectivity index (χ2n) is 5.29. The summed E-state index contributed by atoms with van der Waals surface area (Å²) in [6.07, 6.45) is -0.939. The molecule has 120 valence electrons. The highest BCUT2D eigenvalue weighted by Gasteiger charge is 2.14. The molecule has 1 unspecified atom stereocenters. The highest BCUT2D eigenvalue weighted by Crippen LogP contribution is 2.12. The van der Waals surface area contributed by atoms with Crippen LogP contribution in [0.5, 0.6) is 5.75 Å². The predicted molar refractivity (Wildman–Crippen MR) is 82.8 cm³/mol. The third kappa shape index (κ3) is 3.96. The molecule has 5 nitrogen and oxygen atoms in total. The molecule has 1 aromatic carbocycles. The summed E-state index contributed by atoms with van der Waals surface area (Å²) in [6.45, 7) is 3.41. The Labute approximate surface area is 133 Å². The van der Waals surface area contributed by atoms with Gasteiger partial charge in [-0.2, -0.15) is 5.26 Å². The predicted octanol–water partition coefficient (Wildman–Crippen LogP) is 1.92. The Balaban J connectivity index is 2.09. The average Bonchev–Trinajstić information content (AvgIpc) is 2.51. The fourth-order valence-corrected chi connectivity index (χ4v) is 2.28. The maximum atomic E-state index is 12.8. The highest BCUT2D eigenvalue weighted by atomic mass is 19.1. The average molecular weight is 316 g/mol. The summed E-state index contributed by atoms with van der Waals surface area (Å²) in [7, 11) is 0. The first-order valence-electron chi connectivity index (χ1n) is 7.10. The molecule has 0 radical (unpaired) electrons. The molecule has 1 aromatic heterocycles. The molecular formula is C17H17FN2O3. The summed E-state index contributed by atoms with van der Waals surface area (Å²) in [6, 6.07) is 9.05. The zero-order chi connectivity index (χ0) is 17.0. The van der Waals surface area contributed by atoms with Crippen molar-refractivity contribution in [2.24, 2.45) is 0 Å². The molecule has 1 atom stereocenters. The number of ether oxygens (including phenoxy) is 1. The minimum absolute atomic E-state index is 0.0147. The van der Waals surface area contributed by atoms with Crippen LogP contribution < -0.4 is 10.3 Å². The minimum atomic E-state index is -0.939. The van der Waals surface area contributed by atoms with Gasteiger partial charge in [0.15, 0.2) is 0 Å². The summed E-state index contributed by atoms with van der Waals surface area (Å²) in [5.74, 6) is 0.0555. The van der Waals surface area contributed by atoms with E-state index in [0.29, 0.717) is 17.0 Å². The number of hydrogen-bond donors (Lipinski definition) is 1. The van der Waals surface area contributed by atoms with Crippen LogP contribution in [-0.4, -0.2) is 22.4 Å². The van der Waals surface area contributed by atoms with E-state index >= 15 is 0 Å². The Bertz CT molecular complexity index is 791. The Morgan fingerprint density at radius 2 is 2.00 bits per heavy atom. The van der Waals surface area contributed by atoms with E-state index in [1.54, 1.807) is 19.9 Å². The molecule has 0 aliphatic carbocycles. The van der Waals surface area contributed by atoms with Crippen molar-refractivity contribution in [3.63, 3.8) is 0 Å². The fourth-order valence-electron chi connectivity index (χ4n) is 2.28. The molecule has 0 saturated heterocycles. The van der Waals surface area contributed by atoms with Crippen molar-refractivity contribution in [1.29, 1.82) is 5.26 Å². The first-order valence-corrected chi connectivity index (χ1v) is 7.10. The van der Waals surface area contributed by atoms with E-state index in [-0.39, 0.29) is 24.5 Å². The number of rotatable bonds is 5. The van der Waals surface area contributed by atoms with Crippen molar-refractivity contribution in [2.75, 3.05) is 6.61 Å². The number of nitrogens with zero attached hydrogens (tertiary/aromatic N) is 2. The molecule has 1 heterocycles. The standard InChI is InChI=1S/C17H17FN2O3/c1-11-7-12(2)20(17(22)16(11)8-19)9-14(21)10-23-15-5-3-13(18)4-6-15/h3-7,14,21H,9-10H2,1-2H3. The fraction of sp³-hybridized carbons (Fsp3) is 0.294. The number of hydrogen-bond acceptors (Lipinski definition) is 4. The van der Waals surface area contributed by atoms with Gasteiger partial charge in [0.25, 0.3) is 5.56 Å². The molecule has 2 aromatic rings. The zero-order valence-electron chi connectivity index (χ0n) is 12.9. The number of pyridine rings is 1. The van der Waals surface area contributed by atoms with Gasteiger partial charge in [-0.1, -0.05) is 0 Å². The molecule has 2 rings (SSSR count). The molecule has 23 heavy (non-hydrogen) atoms. The molecule has 6 heteroatoms. The number of aromatic nitrogens is 1. The maximum Gasteiger partial charge on any atom is 0.269 e. The molecule has 0 aliphatic heterocycles. The Hall–Kier alpha value is -2.65. The first-order chi connectivity index (χ1) is 10.9. The summed E-state index contributed by atoms with van der Waals surface area (Å²) >= 11 is 0. The molecule has 0 amide bonds. The van der Waals surface area contributed by atoms with E-state index in [2.05, 4.69) is 0 Å². The van der Waals surface area contributed by atoms with Gasteiger partial charge in [-0.15, -0.1) is 0 Å². The van der Waals surface area contributed by atoms with Gasteiger partial charge in [0.1, 0.15) is 35.9 Å². The van der Waals surface area contributed by atoms with E-state index < -0.39 is 11.7 Å². The molecule has 0 spiro atoms. The normalized spacial score (nSPS) is 11.8. The Kier molecular flexibility index (Phi) is 5.14. The lowest BCUT2D eigenvalue weighted by Gasteiger charge is -2.17. The maximum absolute atomic E-state index is 12.8. The van der Waals surface area contributed by atoms with Crippen LogP contribution in [-0.2, 0) is 6.54 Å². The molecule has 0 fully saturated rings. The number of aliphatic hydroxyl groups excluding tert-OH is 1. The van der Waals surface area contributed by atoms with Gasteiger partial charge in [-0.05, 0) is 49.7 Å². The molecule has 0 bridgehead atoms. The monoisotopic (exact) mass is 316 g/mol. The van der Waals surface area contributed by atoms with E-state index in [4.69, 9.17) is 10.00 Å². The third-order valence-electron chi connectivity index (χ3n) is 3.47. The highest BCUT2D eigenvalue weighted by molar-refractivity contribution is 5.36. The summed E-state index contributed by atoms with van der Waals surface area (Å²) in [5, 5.41) is 19.1. The van der Waals surface area contributed by atoms with E-state index in [1.807, 2.05) is 6.07 Å². The van der Waals surface area contributed by atoms with Crippen molar-refractivity contribution in [1.82, 2.24) is 4.57 Å². The molecular weight excluding hydrogens is 299 g/mol.